The Labute approximate surface area is 184 Å². The van der Waals surface area contributed by atoms with Gasteiger partial charge in [-0.2, -0.15) is 4.31 Å². The van der Waals surface area contributed by atoms with Crippen molar-refractivity contribution in [3.63, 3.8) is 0 Å². The Morgan fingerprint density at radius 3 is 2.23 bits per heavy atom. The van der Waals surface area contributed by atoms with E-state index in [1.807, 2.05) is 6.92 Å². The molecule has 2 saturated heterocycles. The Balaban J connectivity index is 2.01. The van der Waals surface area contributed by atoms with E-state index in [-0.39, 0.29) is 17.0 Å². The zero-order chi connectivity index (χ0) is 22.4. The van der Waals surface area contributed by atoms with Gasteiger partial charge in [-0.25, -0.2) is 17.2 Å². The van der Waals surface area contributed by atoms with Crippen LogP contribution in [-0.2, 0) is 10.0 Å². The first-order valence-electron chi connectivity index (χ1n) is 11.3. The minimum atomic E-state index is -3.73. The first kappa shape index (κ1) is 23.9. The van der Waals surface area contributed by atoms with E-state index in [0.717, 1.165) is 56.5 Å². The summed E-state index contributed by atoms with van der Waals surface area (Å²) in [7, 11) is -3.73. The number of piperidine rings is 2. The lowest BCUT2D eigenvalue weighted by Crippen LogP contribution is -2.38. The maximum Gasteiger partial charge on any atom is 0.256 e. The molecule has 3 rings (SSSR count). The Hall–Kier alpha value is -1.74. The number of carbonyl (C=O) groups is 1. The van der Waals surface area contributed by atoms with Crippen LogP contribution < -0.4 is 4.90 Å². The van der Waals surface area contributed by atoms with E-state index in [0.29, 0.717) is 25.2 Å². The van der Waals surface area contributed by atoms with Gasteiger partial charge in [0.2, 0.25) is 10.0 Å². The van der Waals surface area contributed by atoms with Crippen molar-refractivity contribution >= 4 is 21.6 Å². The van der Waals surface area contributed by atoms with E-state index in [1.54, 1.807) is 12.1 Å². The predicted octanol–water partition coefficient (Wildman–Crippen LogP) is 3.97. The molecule has 174 valence electrons. The number of rotatable bonds is 8. The number of alkyl halides is 2. The average molecular weight is 458 g/mol. The van der Waals surface area contributed by atoms with Crippen LogP contribution >= 0.6 is 0 Å². The van der Waals surface area contributed by atoms with Crippen LogP contribution in [0.2, 0.25) is 0 Å². The summed E-state index contributed by atoms with van der Waals surface area (Å²) < 4.78 is 54.1. The third kappa shape index (κ3) is 5.74. The van der Waals surface area contributed by atoms with E-state index >= 15 is 0 Å². The number of nitrogens with zero attached hydrogens (tertiary/aromatic N) is 3. The van der Waals surface area contributed by atoms with Gasteiger partial charge in [0.1, 0.15) is 0 Å². The second-order valence-corrected chi connectivity index (χ2v) is 10.3. The molecule has 9 heteroatoms. The van der Waals surface area contributed by atoms with Crippen molar-refractivity contribution in [2.75, 3.05) is 44.2 Å². The van der Waals surface area contributed by atoms with E-state index in [1.165, 1.54) is 10.4 Å². The normalized spacial score (nSPS) is 18.4. The van der Waals surface area contributed by atoms with Crippen LogP contribution in [0.25, 0.3) is 0 Å². The number of amides is 1. The van der Waals surface area contributed by atoms with Gasteiger partial charge in [0.15, 0.2) is 0 Å². The monoisotopic (exact) mass is 457 g/mol. The lowest BCUT2D eigenvalue weighted by Gasteiger charge is -2.32. The molecule has 0 saturated carbocycles. The highest BCUT2D eigenvalue weighted by Gasteiger charge is 2.30. The maximum atomic E-state index is 13.3. The molecule has 0 spiro atoms. The molecule has 0 aromatic heterocycles. The number of benzene rings is 1. The highest BCUT2D eigenvalue weighted by atomic mass is 32.2. The zero-order valence-electron chi connectivity index (χ0n) is 18.2. The van der Waals surface area contributed by atoms with Gasteiger partial charge >= 0.3 is 0 Å². The quantitative estimate of drug-likeness (QED) is 0.593. The number of hydrogen-bond acceptors (Lipinski definition) is 4. The number of halogens is 2. The number of anilines is 1. The van der Waals surface area contributed by atoms with Crippen LogP contribution in [0.4, 0.5) is 14.5 Å². The SMILES string of the molecule is CCCN(CC(F)F)C(=O)c1cc(S(=O)(=O)N2CCCCC2)ccc1N1CCCCC1. The van der Waals surface area contributed by atoms with Crippen LogP contribution in [0.3, 0.4) is 0 Å². The van der Waals surface area contributed by atoms with Crippen LogP contribution in [0, 0.1) is 0 Å². The van der Waals surface area contributed by atoms with Crippen molar-refractivity contribution in [3.05, 3.63) is 23.8 Å². The van der Waals surface area contributed by atoms with Gasteiger partial charge in [0.25, 0.3) is 12.3 Å². The van der Waals surface area contributed by atoms with Crippen molar-refractivity contribution < 1.29 is 22.0 Å². The fourth-order valence-corrected chi connectivity index (χ4v) is 5.94. The van der Waals surface area contributed by atoms with E-state index < -0.39 is 28.9 Å². The van der Waals surface area contributed by atoms with Gasteiger partial charge in [-0.1, -0.05) is 13.3 Å². The molecular weight excluding hydrogens is 424 g/mol. The number of sulfonamides is 1. The molecule has 0 bridgehead atoms. The summed E-state index contributed by atoms with van der Waals surface area (Å²) >= 11 is 0. The smallest absolute Gasteiger partial charge is 0.256 e. The highest BCUT2D eigenvalue weighted by Crippen LogP contribution is 2.30. The summed E-state index contributed by atoms with van der Waals surface area (Å²) in [5.41, 5.74) is 0.840. The molecule has 0 unspecified atom stereocenters. The Kier molecular flexibility index (Phi) is 8.27. The molecule has 2 aliphatic rings. The summed E-state index contributed by atoms with van der Waals surface area (Å²) in [4.78, 5) is 16.6. The topological polar surface area (TPSA) is 60.9 Å². The molecule has 2 aliphatic heterocycles. The summed E-state index contributed by atoms with van der Waals surface area (Å²) in [6.45, 7) is 3.83. The molecule has 1 amide bonds. The zero-order valence-corrected chi connectivity index (χ0v) is 19.0. The average Bonchev–Trinajstić information content (AvgIpc) is 2.79. The lowest BCUT2D eigenvalue weighted by molar-refractivity contribution is 0.0555. The van der Waals surface area contributed by atoms with Gasteiger partial charge in [0.05, 0.1) is 17.0 Å². The fraction of sp³-hybridized carbons (Fsp3) is 0.682. The first-order chi connectivity index (χ1) is 14.8. The van der Waals surface area contributed by atoms with Gasteiger partial charge in [-0.15, -0.1) is 0 Å². The highest BCUT2D eigenvalue weighted by molar-refractivity contribution is 7.89. The fourth-order valence-electron chi connectivity index (χ4n) is 4.39. The molecule has 2 heterocycles. The summed E-state index contributed by atoms with van der Waals surface area (Å²) in [6.07, 6.45) is 3.61. The molecule has 31 heavy (non-hydrogen) atoms. The van der Waals surface area contributed by atoms with Crippen LogP contribution in [0.5, 0.6) is 0 Å². The van der Waals surface area contributed by atoms with Gasteiger partial charge in [0, 0.05) is 38.4 Å². The third-order valence-corrected chi connectivity index (χ3v) is 7.88. The van der Waals surface area contributed by atoms with E-state index in [2.05, 4.69) is 4.90 Å². The van der Waals surface area contributed by atoms with E-state index in [9.17, 15) is 22.0 Å². The Morgan fingerprint density at radius 1 is 1.03 bits per heavy atom. The molecule has 6 nitrogen and oxygen atoms in total. The lowest BCUT2D eigenvalue weighted by atomic mass is 10.1. The molecule has 2 fully saturated rings. The van der Waals surface area contributed by atoms with Crippen LogP contribution in [0.1, 0.15) is 62.2 Å². The van der Waals surface area contributed by atoms with Crippen molar-refractivity contribution in [1.29, 1.82) is 0 Å². The first-order valence-corrected chi connectivity index (χ1v) is 12.7. The Bertz CT molecular complexity index is 852. The van der Waals surface area contributed by atoms with Gasteiger partial charge in [-0.05, 0) is 56.7 Å². The third-order valence-electron chi connectivity index (χ3n) is 5.99. The van der Waals surface area contributed by atoms with Crippen molar-refractivity contribution in [2.24, 2.45) is 0 Å². The number of carbonyl (C=O) groups excluding carboxylic acids is 1. The molecular formula is C22H33F2N3O3S. The van der Waals surface area contributed by atoms with Crippen molar-refractivity contribution in [1.82, 2.24) is 9.21 Å². The minimum Gasteiger partial charge on any atom is -0.371 e. The number of hydrogen-bond donors (Lipinski definition) is 0. The standard InChI is InChI=1S/C22H33F2N3O3S/c1-2-11-26(17-21(23)24)22(28)19-16-18(31(29,30)27-14-7-4-8-15-27)9-10-20(19)25-12-5-3-6-13-25/h9-10,16,21H,2-8,11-15,17H2,1H3. The summed E-state index contributed by atoms with van der Waals surface area (Å²) in [6, 6.07) is 4.65. The van der Waals surface area contributed by atoms with E-state index in [4.69, 9.17) is 0 Å². The molecule has 1 aromatic rings. The largest absolute Gasteiger partial charge is 0.371 e. The summed E-state index contributed by atoms with van der Waals surface area (Å²) in [5, 5.41) is 0. The van der Waals surface area contributed by atoms with Crippen molar-refractivity contribution in [3.8, 4) is 0 Å². The van der Waals surface area contributed by atoms with Gasteiger partial charge in [-0.3, -0.25) is 4.79 Å². The molecule has 0 aliphatic carbocycles. The van der Waals surface area contributed by atoms with Crippen LogP contribution in [0.15, 0.2) is 23.1 Å². The van der Waals surface area contributed by atoms with Gasteiger partial charge < -0.3 is 9.80 Å². The molecule has 0 N–H and O–H groups in total. The predicted molar refractivity (Wildman–Crippen MR) is 117 cm³/mol. The molecule has 1 aromatic carbocycles. The maximum absolute atomic E-state index is 13.3. The minimum absolute atomic E-state index is 0.0620. The van der Waals surface area contributed by atoms with Crippen molar-refractivity contribution in [2.45, 2.75) is 63.2 Å². The summed E-state index contributed by atoms with van der Waals surface area (Å²) in [5.74, 6) is -0.529. The van der Waals surface area contributed by atoms with Crippen LogP contribution in [-0.4, -0.2) is 69.2 Å². The molecule has 0 radical (unpaired) electrons. The Morgan fingerprint density at radius 2 is 1.65 bits per heavy atom. The second kappa shape index (κ2) is 10.7. The second-order valence-electron chi connectivity index (χ2n) is 8.33. The molecule has 0 atom stereocenters.